The van der Waals surface area contributed by atoms with Crippen LogP contribution in [0.5, 0.6) is 0 Å². The van der Waals surface area contributed by atoms with E-state index in [0.717, 1.165) is 5.57 Å². The van der Waals surface area contributed by atoms with Crippen LogP contribution in [0, 0.1) is 35.5 Å². The first kappa shape index (κ1) is 54.2. The van der Waals surface area contributed by atoms with Crippen LogP contribution < -0.4 is 0 Å². The van der Waals surface area contributed by atoms with Gasteiger partial charge in [-0.05, 0) is 107 Å². The zero-order valence-corrected chi connectivity index (χ0v) is 40.5. The molecule has 0 aromatic carbocycles. The lowest BCUT2D eigenvalue weighted by Gasteiger charge is -2.42. The van der Waals surface area contributed by atoms with Crippen molar-refractivity contribution in [1.82, 2.24) is 4.90 Å². The molecule has 15 atom stereocenters. The predicted octanol–water partition coefficient (Wildman–Crippen LogP) is 7.16. The first-order valence-electron chi connectivity index (χ1n) is 23.9. The number of carbonyl (C=O) groups excluding carboxylic acids is 5. The summed E-state index contributed by atoms with van der Waals surface area (Å²) in [4.78, 5) is 71.6. The molecule has 0 aromatic heterocycles. The third kappa shape index (κ3) is 14.3. The van der Waals surface area contributed by atoms with Gasteiger partial charge < -0.3 is 38.8 Å². The zero-order chi connectivity index (χ0) is 48.2. The molecule has 0 aromatic rings. The number of methoxy groups -OCH3 is 3. The van der Waals surface area contributed by atoms with Crippen LogP contribution in [-0.2, 0) is 47.7 Å². The van der Waals surface area contributed by atoms with E-state index in [-0.39, 0.29) is 60.4 Å². The number of cyclic esters (lactones) is 1. The van der Waals surface area contributed by atoms with Gasteiger partial charge in [-0.2, -0.15) is 0 Å². The number of Topliss-reactive ketones (excluding diaryl/α,β-unsaturated/α-hetero) is 3. The number of hydrogen-bond donors (Lipinski definition) is 2. The fraction of sp³-hybridized carbons (Fsp3) is 0.745. The second-order valence-corrected chi connectivity index (χ2v) is 19.5. The van der Waals surface area contributed by atoms with Gasteiger partial charge in [-0.1, -0.05) is 71.1 Å². The van der Waals surface area contributed by atoms with Crippen molar-refractivity contribution >= 4 is 29.2 Å². The van der Waals surface area contributed by atoms with Crippen molar-refractivity contribution in [2.45, 2.75) is 180 Å². The van der Waals surface area contributed by atoms with Crippen LogP contribution in [0.15, 0.2) is 47.6 Å². The van der Waals surface area contributed by atoms with Gasteiger partial charge in [0.25, 0.3) is 11.7 Å². The molecule has 4 rings (SSSR count). The number of allylic oxidation sites excluding steroid dienone is 6. The van der Waals surface area contributed by atoms with Crippen molar-refractivity contribution in [3.8, 4) is 0 Å². The number of aliphatic hydroxyl groups is 2. The molecular weight excluding hydrogens is 838 g/mol. The Morgan fingerprint density at radius 3 is 2.28 bits per heavy atom. The summed E-state index contributed by atoms with van der Waals surface area (Å²) in [5.41, 5.74) is 1.03. The summed E-state index contributed by atoms with van der Waals surface area (Å²) >= 11 is 0. The second-order valence-electron chi connectivity index (χ2n) is 19.5. The van der Waals surface area contributed by atoms with Crippen molar-refractivity contribution in [2.75, 3.05) is 27.9 Å². The molecule has 2 N–H and O–H groups in total. The molecule has 3 unspecified atom stereocenters. The minimum Gasteiger partial charge on any atom is -0.460 e. The number of hydrogen-bond acceptors (Lipinski definition) is 12. The molecular formula is C51H78FNO12. The van der Waals surface area contributed by atoms with Crippen LogP contribution >= 0.6 is 0 Å². The number of alkyl halides is 1. The Bertz CT molecular complexity index is 1760. The fourth-order valence-corrected chi connectivity index (χ4v) is 10.1. The molecule has 14 heteroatoms. The van der Waals surface area contributed by atoms with Crippen molar-refractivity contribution in [3.05, 3.63) is 47.6 Å². The van der Waals surface area contributed by atoms with E-state index in [1.807, 2.05) is 51.2 Å². The number of fused-ring (bicyclic) bond motifs is 3. The van der Waals surface area contributed by atoms with Crippen LogP contribution in [0.25, 0.3) is 0 Å². The summed E-state index contributed by atoms with van der Waals surface area (Å²) in [6.07, 6.45) is 9.94. The highest BCUT2D eigenvalue weighted by molar-refractivity contribution is 6.39. The highest BCUT2D eigenvalue weighted by atomic mass is 19.1. The third-order valence-corrected chi connectivity index (χ3v) is 14.4. The zero-order valence-electron chi connectivity index (χ0n) is 40.5. The molecule has 366 valence electrons. The number of aliphatic hydroxyl groups excluding tert-OH is 1. The van der Waals surface area contributed by atoms with Gasteiger partial charge in [0.05, 0.1) is 24.4 Å². The summed E-state index contributed by atoms with van der Waals surface area (Å²) in [6.45, 7) is 12.4. The molecule has 4 aliphatic rings. The van der Waals surface area contributed by atoms with E-state index in [1.54, 1.807) is 35.0 Å². The molecule has 0 spiro atoms. The summed E-state index contributed by atoms with van der Waals surface area (Å²) < 4.78 is 45.4. The molecule has 3 heterocycles. The van der Waals surface area contributed by atoms with E-state index < -0.39 is 83.9 Å². The second kappa shape index (κ2) is 25.1. The Morgan fingerprint density at radius 2 is 1.60 bits per heavy atom. The number of rotatable bonds is 6. The van der Waals surface area contributed by atoms with Gasteiger partial charge in [-0.25, -0.2) is 9.18 Å². The molecule has 65 heavy (non-hydrogen) atoms. The van der Waals surface area contributed by atoms with Crippen LogP contribution in [0.3, 0.4) is 0 Å². The van der Waals surface area contributed by atoms with Gasteiger partial charge in [0.15, 0.2) is 18.1 Å². The molecule has 2 bridgehead atoms. The van der Waals surface area contributed by atoms with Crippen molar-refractivity contribution in [1.29, 1.82) is 0 Å². The number of ketones is 3. The van der Waals surface area contributed by atoms with Crippen LogP contribution in [0.2, 0.25) is 0 Å². The van der Waals surface area contributed by atoms with E-state index in [9.17, 15) is 34.2 Å². The van der Waals surface area contributed by atoms with Gasteiger partial charge in [0.2, 0.25) is 5.79 Å². The van der Waals surface area contributed by atoms with Gasteiger partial charge in [0.1, 0.15) is 17.9 Å². The summed E-state index contributed by atoms with van der Waals surface area (Å²) in [7, 11) is 4.42. The maximum absolute atomic E-state index is 16.2. The maximum atomic E-state index is 16.2. The lowest BCUT2D eigenvalue weighted by molar-refractivity contribution is -0.265. The molecule has 13 nitrogen and oxygen atoms in total. The standard InChI is InChI=1S/C51H78FNO12/c1-30-16-12-11-13-17-31(2)42(61-8)28-38-21-19-36(7)51(60,65-38)48(57)49(58)53-23-15-14-18-39(53)50(59)64-43(33(4)26-37-20-22-40(54)44(27-37)62-9)29-41(55)32(3)25-34(5)45(52)47(63-10)46(56)35(6)24-30/h11-13,16-17,25,30,32-33,35-40,42-45,47,54,60H,14-15,18-24,26-29H2,1-10H3/b13-11+,16-12+,31-17+,34-25+/t30-,32-,33-,35-,36-,37?,38+,39?,40-,42+,43+,44-,45?,47-,51-/m1/s1. The summed E-state index contributed by atoms with van der Waals surface area (Å²) in [5, 5.41) is 22.4. The first-order chi connectivity index (χ1) is 30.7. The smallest absolute Gasteiger partial charge is 0.329 e. The average Bonchev–Trinajstić information content (AvgIpc) is 3.28. The summed E-state index contributed by atoms with van der Waals surface area (Å²) in [6, 6.07) is -1.16. The number of esters is 1. The van der Waals surface area contributed by atoms with Crippen molar-refractivity contribution in [2.24, 2.45) is 35.5 Å². The number of piperidine rings is 1. The monoisotopic (exact) mass is 916 g/mol. The lowest BCUT2D eigenvalue weighted by Crippen LogP contribution is -2.61. The molecule has 1 amide bonds. The van der Waals surface area contributed by atoms with Crippen LogP contribution in [0.4, 0.5) is 4.39 Å². The minimum absolute atomic E-state index is 0.0215. The Balaban J connectivity index is 1.70. The fourth-order valence-electron chi connectivity index (χ4n) is 10.1. The number of halogens is 1. The molecule has 2 saturated heterocycles. The number of ether oxygens (including phenoxy) is 5. The largest absolute Gasteiger partial charge is 0.460 e. The normalized spacial score (nSPS) is 40.4. The average molecular weight is 916 g/mol. The first-order valence-corrected chi connectivity index (χ1v) is 23.9. The van der Waals surface area contributed by atoms with Crippen molar-refractivity contribution in [3.63, 3.8) is 0 Å². The number of nitrogens with zero attached hydrogens (tertiary/aromatic N) is 1. The quantitative estimate of drug-likeness (QED) is 0.157. The molecule has 3 fully saturated rings. The van der Waals surface area contributed by atoms with E-state index in [2.05, 4.69) is 0 Å². The maximum Gasteiger partial charge on any atom is 0.329 e. The van der Waals surface area contributed by atoms with Crippen LogP contribution in [0.1, 0.15) is 126 Å². The van der Waals surface area contributed by atoms with Crippen molar-refractivity contribution < 1.29 is 62.3 Å². The Labute approximate surface area is 386 Å². The predicted molar refractivity (Wildman–Crippen MR) is 244 cm³/mol. The van der Waals surface area contributed by atoms with Gasteiger partial charge in [-0.15, -0.1) is 0 Å². The Hall–Kier alpha value is -3.40. The highest BCUT2D eigenvalue weighted by Crippen LogP contribution is 2.38. The van der Waals surface area contributed by atoms with E-state index >= 15 is 4.39 Å². The highest BCUT2D eigenvalue weighted by Gasteiger charge is 2.53. The number of amides is 1. The third-order valence-electron chi connectivity index (χ3n) is 14.4. The minimum atomic E-state index is -2.44. The van der Waals surface area contributed by atoms with Gasteiger partial charge in [-0.3, -0.25) is 19.2 Å². The molecule has 3 aliphatic heterocycles. The number of carbonyl (C=O) groups is 5. The van der Waals surface area contributed by atoms with Crippen LogP contribution in [-0.4, -0.2) is 127 Å². The Kier molecular flexibility index (Phi) is 20.9. The van der Waals surface area contributed by atoms with E-state index in [1.165, 1.54) is 25.0 Å². The van der Waals surface area contributed by atoms with E-state index in [4.69, 9.17) is 23.7 Å². The summed E-state index contributed by atoms with van der Waals surface area (Å²) in [5.74, 6) is -8.44. The molecule has 1 aliphatic carbocycles. The topological polar surface area (TPSA) is 175 Å². The van der Waals surface area contributed by atoms with Gasteiger partial charge in [0, 0.05) is 58.5 Å². The molecule has 0 radical (unpaired) electrons. The Morgan fingerprint density at radius 1 is 0.877 bits per heavy atom. The molecule has 1 saturated carbocycles. The van der Waals surface area contributed by atoms with Gasteiger partial charge >= 0.3 is 5.97 Å². The van der Waals surface area contributed by atoms with E-state index in [0.29, 0.717) is 64.2 Å². The lowest BCUT2D eigenvalue weighted by atomic mass is 9.78. The SMILES string of the molecule is CO[C@H]1C[C@@H]2CC[C@@H](C)[C@@](O)(O2)C(=O)C(=O)N2CCCCC2C(=O)O[C@H]([C@H](C)CC2CC[C@@H](O)[C@H](OC)C2)CC(=O)[C@H](C)/C=C(\C)C(F)[C@@H](OC)C(=O)[C@H](C)C[C@H](C)/C=C/C=C/C=C/1C.